The van der Waals surface area contributed by atoms with Crippen molar-refractivity contribution < 1.29 is 4.79 Å². The molecule has 1 aliphatic heterocycles. The predicted molar refractivity (Wildman–Crippen MR) is 79.8 cm³/mol. The molecule has 20 heavy (non-hydrogen) atoms. The number of carbonyl (C=O) groups excluding carboxylic acids is 1. The van der Waals surface area contributed by atoms with E-state index in [1.165, 1.54) is 6.42 Å². The highest BCUT2D eigenvalue weighted by molar-refractivity contribution is 6.29. The third-order valence-electron chi connectivity index (χ3n) is 4.65. The van der Waals surface area contributed by atoms with Crippen LogP contribution < -0.4 is 0 Å². The van der Waals surface area contributed by atoms with Crippen molar-refractivity contribution in [2.24, 2.45) is 10.8 Å². The Bertz CT molecular complexity index is 540. The molecule has 1 saturated carbocycles. The van der Waals surface area contributed by atoms with E-state index >= 15 is 0 Å². The van der Waals surface area contributed by atoms with Crippen LogP contribution in [0.25, 0.3) is 0 Å². The maximum absolute atomic E-state index is 12.7. The van der Waals surface area contributed by atoms with Crippen LogP contribution in [0.1, 0.15) is 50.4 Å². The fraction of sp³-hybridized carbons (Fsp3) is 0.625. The standard InChI is InChI=1S/C16H21ClN2O/c1-15(2)6-12-7-16(3,9-15)10-19(12)14(20)11-4-5-13(17)18-8-11/h4-5,8,12H,6-7,9-10H2,1-3H3/t12-,16+/m0/s1. The third-order valence-corrected chi connectivity index (χ3v) is 4.87. The summed E-state index contributed by atoms with van der Waals surface area (Å²) in [6, 6.07) is 3.82. The van der Waals surface area contributed by atoms with Crippen LogP contribution in [0.4, 0.5) is 0 Å². The summed E-state index contributed by atoms with van der Waals surface area (Å²) in [4.78, 5) is 18.8. The van der Waals surface area contributed by atoms with Crippen molar-refractivity contribution >= 4 is 17.5 Å². The Morgan fingerprint density at radius 3 is 2.75 bits per heavy atom. The fourth-order valence-electron chi connectivity index (χ4n) is 4.37. The van der Waals surface area contributed by atoms with Gasteiger partial charge in [-0.05, 0) is 42.2 Å². The molecule has 1 saturated heterocycles. The molecule has 0 spiro atoms. The number of hydrogen-bond acceptors (Lipinski definition) is 2. The lowest BCUT2D eigenvalue weighted by Crippen LogP contribution is -2.37. The van der Waals surface area contributed by atoms with Gasteiger partial charge in [0, 0.05) is 18.8 Å². The predicted octanol–water partition coefficient (Wildman–Crippen LogP) is 3.78. The van der Waals surface area contributed by atoms with E-state index < -0.39 is 0 Å². The van der Waals surface area contributed by atoms with Crippen LogP contribution in [-0.4, -0.2) is 28.4 Å². The van der Waals surface area contributed by atoms with Gasteiger partial charge >= 0.3 is 0 Å². The Balaban J connectivity index is 1.85. The first-order valence-electron chi connectivity index (χ1n) is 7.21. The molecule has 0 radical (unpaired) electrons. The van der Waals surface area contributed by atoms with E-state index in [9.17, 15) is 4.79 Å². The molecule has 2 atom stereocenters. The lowest BCUT2D eigenvalue weighted by molar-refractivity contribution is 0.0708. The zero-order valence-electron chi connectivity index (χ0n) is 12.3. The van der Waals surface area contributed by atoms with Gasteiger partial charge in [-0.2, -0.15) is 0 Å². The minimum absolute atomic E-state index is 0.0978. The maximum atomic E-state index is 12.7. The number of likely N-dealkylation sites (tertiary alicyclic amines) is 1. The molecule has 4 heteroatoms. The zero-order chi connectivity index (χ0) is 14.5. The molecule has 3 rings (SSSR count). The van der Waals surface area contributed by atoms with Crippen LogP contribution in [0.2, 0.25) is 5.15 Å². The number of nitrogens with zero attached hydrogens (tertiary/aromatic N) is 2. The highest BCUT2D eigenvalue weighted by Gasteiger charge is 2.50. The van der Waals surface area contributed by atoms with Crippen molar-refractivity contribution in [2.75, 3.05) is 6.54 Å². The van der Waals surface area contributed by atoms with E-state index in [0.29, 0.717) is 22.2 Å². The summed E-state index contributed by atoms with van der Waals surface area (Å²) >= 11 is 5.79. The van der Waals surface area contributed by atoms with Crippen molar-refractivity contribution in [3.63, 3.8) is 0 Å². The Morgan fingerprint density at radius 1 is 1.35 bits per heavy atom. The van der Waals surface area contributed by atoms with E-state index in [2.05, 4.69) is 30.7 Å². The summed E-state index contributed by atoms with van der Waals surface area (Å²) in [5.74, 6) is 0.0978. The van der Waals surface area contributed by atoms with Crippen molar-refractivity contribution in [3.05, 3.63) is 29.0 Å². The minimum Gasteiger partial charge on any atom is -0.335 e. The van der Waals surface area contributed by atoms with Gasteiger partial charge in [-0.3, -0.25) is 4.79 Å². The first-order valence-corrected chi connectivity index (χ1v) is 7.58. The van der Waals surface area contributed by atoms with Gasteiger partial charge in [0.15, 0.2) is 0 Å². The summed E-state index contributed by atoms with van der Waals surface area (Å²) in [7, 11) is 0. The summed E-state index contributed by atoms with van der Waals surface area (Å²) in [6.45, 7) is 7.81. The number of hydrogen-bond donors (Lipinski definition) is 0. The Kier molecular flexibility index (Phi) is 3.09. The topological polar surface area (TPSA) is 33.2 Å². The van der Waals surface area contributed by atoms with Gasteiger partial charge in [0.05, 0.1) is 5.56 Å². The second-order valence-electron chi connectivity index (χ2n) is 7.52. The smallest absolute Gasteiger partial charge is 0.255 e. The van der Waals surface area contributed by atoms with Gasteiger partial charge in [0.25, 0.3) is 5.91 Å². The number of halogens is 1. The summed E-state index contributed by atoms with van der Waals surface area (Å²) in [5.41, 5.74) is 1.23. The number of amides is 1. The molecule has 1 aromatic heterocycles. The molecule has 1 aromatic rings. The van der Waals surface area contributed by atoms with Crippen molar-refractivity contribution in [3.8, 4) is 0 Å². The fourth-order valence-corrected chi connectivity index (χ4v) is 4.48. The highest BCUT2D eigenvalue weighted by atomic mass is 35.5. The van der Waals surface area contributed by atoms with Gasteiger partial charge in [-0.15, -0.1) is 0 Å². The van der Waals surface area contributed by atoms with E-state index in [-0.39, 0.29) is 11.3 Å². The van der Waals surface area contributed by atoms with Crippen molar-refractivity contribution in [1.82, 2.24) is 9.88 Å². The van der Waals surface area contributed by atoms with Crippen LogP contribution in [0.15, 0.2) is 18.3 Å². The number of aromatic nitrogens is 1. The lowest BCUT2D eigenvalue weighted by Gasteiger charge is -2.39. The number of rotatable bonds is 1. The molecule has 2 bridgehead atoms. The summed E-state index contributed by atoms with van der Waals surface area (Å²) < 4.78 is 0. The molecule has 3 nitrogen and oxygen atoms in total. The average molecular weight is 293 g/mol. The van der Waals surface area contributed by atoms with Gasteiger partial charge in [-0.25, -0.2) is 4.98 Å². The third kappa shape index (κ3) is 2.44. The minimum atomic E-state index is 0.0978. The monoisotopic (exact) mass is 292 g/mol. The van der Waals surface area contributed by atoms with Crippen LogP contribution in [0.5, 0.6) is 0 Å². The van der Waals surface area contributed by atoms with E-state index in [4.69, 9.17) is 11.6 Å². The number of fused-ring (bicyclic) bond motifs is 2. The molecule has 1 amide bonds. The molecule has 0 aromatic carbocycles. The Labute approximate surface area is 125 Å². The van der Waals surface area contributed by atoms with Crippen LogP contribution in [0, 0.1) is 10.8 Å². The number of pyridine rings is 1. The Morgan fingerprint density at radius 2 is 2.10 bits per heavy atom. The van der Waals surface area contributed by atoms with Gasteiger partial charge in [-0.1, -0.05) is 32.4 Å². The molecule has 0 unspecified atom stereocenters. The average Bonchev–Trinajstić information content (AvgIpc) is 2.58. The molecule has 1 aliphatic carbocycles. The van der Waals surface area contributed by atoms with Crippen molar-refractivity contribution in [1.29, 1.82) is 0 Å². The molecular formula is C16H21ClN2O. The van der Waals surface area contributed by atoms with Crippen molar-refractivity contribution in [2.45, 2.75) is 46.1 Å². The molecule has 2 heterocycles. The zero-order valence-corrected chi connectivity index (χ0v) is 13.1. The summed E-state index contributed by atoms with van der Waals surface area (Å²) in [5, 5.41) is 0.426. The largest absolute Gasteiger partial charge is 0.335 e. The van der Waals surface area contributed by atoms with Gasteiger partial charge in [0.2, 0.25) is 0 Å². The normalized spacial score (nSPS) is 31.4. The lowest BCUT2D eigenvalue weighted by atomic mass is 9.65. The highest BCUT2D eigenvalue weighted by Crippen LogP contribution is 2.52. The quantitative estimate of drug-likeness (QED) is 0.738. The van der Waals surface area contributed by atoms with E-state index in [1.807, 2.05) is 0 Å². The summed E-state index contributed by atoms with van der Waals surface area (Å²) in [6.07, 6.45) is 5.00. The van der Waals surface area contributed by atoms with Gasteiger partial charge < -0.3 is 4.90 Å². The maximum Gasteiger partial charge on any atom is 0.255 e. The first kappa shape index (κ1) is 13.9. The van der Waals surface area contributed by atoms with Crippen LogP contribution in [-0.2, 0) is 0 Å². The number of carbonyl (C=O) groups is 1. The SMILES string of the molecule is CC1(C)C[C@H]2C[C@@](C)(CN2C(=O)c2ccc(Cl)nc2)C1. The molecule has 2 aliphatic rings. The Hall–Kier alpha value is -1.09. The molecular weight excluding hydrogens is 272 g/mol. The van der Waals surface area contributed by atoms with Crippen LogP contribution >= 0.6 is 11.6 Å². The molecule has 0 N–H and O–H groups in total. The second kappa shape index (κ2) is 4.45. The second-order valence-corrected chi connectivity index (χ2v) is 7.90. The van der Waals surface area contributed by atoms with Gasteiger partial charge in [0.1, 0.15) is 5.15 Å². The molecule has 2 fully saturated rings. The molecule has 108 valence electrons. The van der Waals surface area contributed by atoms with E-state index in [1.54, 1.807) is 18.3 Å². The van der Waals surface area contributed by atoms with E-state index in [0.717, 1.165) is 19.4 Å². The van der Waals surface area contributed by atoms with Crippen LogP contribution in [0.3, 0.4) is 0 Å². The first-order chi connectivity index (χ1) is 9.28.